The van der Waals surface area contributed by atoms with Crippen LogP contribution in [-0.2, 0) is 11.2 Å². The number of fused-ring (bicyclic) bond motifs is 2. The summed E-state index contributed by atoms with van der Waals surface area (Å²) in [7, 11) is 1.62. The van der Waals surface area contributed by atoms with Gasteiger partial charge in [0.2, 0.25) is 5.91 Å². The third-order valence-corrected chi connectivity index (χ3v) is 5.85. The first-order chi connectivity index (χ1) is 16.2. The number of nitrogens with zero attached hydrogens (tertiary/aromatic N) is 1. The van der Waals surface area contributed by atoms with Crippen molar-refractivity contribution >= 4 is 33.4 Å². The van der Waals surface area contributed by atoms with E-state index in [2.05, 4.69) is 40.6 Å². The van der Waals surface area contributed by atoms with E-state index in [1.807, 2.05) is 54.6 Å². The second kappa shape index (κ2) is 9.17. The predicted octanol–water partition coefficient (Wildman–Crippen LogP) is 6.35. The van der Waals surface area contributed by atoms with Crippen LogP contribution in [0.15, 0.2) is 84.9 Å². The standard InChI is InChI=1S/C28H25N3O2/c1-33-21-10-6-9-20(18-21)29-27(32)15-7-12-23-22-11-3-5-14-25(22)31-28(23)26-17-16-19-8-2-4-13-24(19)30-26/h2-6,8-11,13-14,16-18,31H,7,12,15H2,1H3,(H,29,32). The molecular weight excluding hydrogens is 410 g/mol. The Kier molecular flexibility index (Phi) is 5.77. The molecule has 0 fully saturated rings. The lowest BCUT2D eigenvalue weighted by Crippen LogP contribution is -2.11. The molecule has 0 aliphatic carbocycles. The van der Waals surface area contributed by atoms with Gasteiger partial charge in [-0.15, -0.1) is 0 Å². The fourth-order valence-electron chi connectivity index (χ4n) is 4.23. The SMILES string of the molecule is COc1cccc(NC(=O)CCCc2c(-c3ccc4ccccc4n3)[nH]c3ccccc23)c1. The molecule has 0 atom stereocenters. The Balaban J connectivity index is 1.36. The van der Waals surface area contributed by atoms with Gasteiger partial charge >= 0.3 is 0 Å². The highest BCUT2D eigenvalue weighted by atomic mass is 16.5. The van der Waals surface area contributed by atoms with Gasteiger partial charge in [0.25, 0.3) is 0 Å². The number of pyridine rings is 1. The van der Waals surface area contributed by atoms with Crippen molar-refractivity contribution in [1.82, 2.24) is 9.97 Å². The first kappa shape index (κ1) is 20.8. The number of aryl methyl sites for hydroxylation is 1. The van der Waals surface area contributed by atoms with E-state index in [1.54, 1.807) is 7.11 Å². The number of carbonyl (C=O) groups is 1. The van der Waals surface area contributed by atoms with Gasteiger partial charge in [-0.1, -0.05) is 48.5 Å². The zero-order chi connectivity index (χ0) is 22.6. The molecule has 1 amide bonds. The highest BCUT2D eigenvalue weighted by Gasteiger charge is 2.15. The normalized spacial score (nSPS) is 11.1. The minimum Gasteiger partial charge on any atom is -0.497 e. The van der Waals surface area contributed by atoms with Crippen LogP contribution in [0.5, 0.6) is 5.75 Å². The zero-order valence-corrected chi connectivity index (χ0v) is 18.5. The van der Waals surface area contributed by atoms with Gasteiger partial charge in [0.1, 0.15) is 5.75 Å². The summed E-state index contributed by atoms with van der Waals surface area (Å²) < 4.78 is 5.23. The van der Waals surface area contributed by atoms with Crippen molar-refractivity contribution in [2.75, 3.05) is 12.4 Å². The molecule has 164 valence electrons. The van der Waals surface area contributed by atoms with E-state index < -0.39 is 0 Å². The summed E-state index contributed by atoms with van der Waals surface area (Å²) >= 11 is 0. The molecule has 0 saturated carbocycles. The summed E-state index contributed by atoms with van der Waals surface area (Å²) in [6.07, 6.45) is 1.94. The number of carbonyl (C=O) groups excluding carboxylic acids is 1. The van der Waals surface area contributed by atoms with Gasteiger partial charge < -0.3 is 15.0 Å². The van der Waals surface area contributed by atoms with Crippen molar-refractivity contribution in [3.8, 4) is 17.1 Å². The highest BCUT2D eigenvalue weighted by Crippen LogP contribution is 2.31. The zero-order valence-electron chi connectivity index (χ0n) is 18.5. The monoisotopic (exact) mass is 435 g/mol. The number of para-hydroxylation sites is 2. The Labute approximate surface area is 192 Å². The molecule has 0 aliphatic heterocycles. The van der Waals surface area contributed by atoms with Crippen LogP contribution in [0.4, 0.5) is 5.69 Å². The number of aromatic nitrogens is 2. The minimum absolute atomic E-state index is 0.00604. The number of amides is 1. The van der Waals surface area contributed by atoms with Gasteiger partial charge in [-0.3, -0.25) is 4.79 Å². The topological polar surface area (TPSA) is 67.0 Å². The Hall–Kier alpha value is -4.12. The number of anilines is 1. The Morgan fingerprint density at radius 3 is 2.73 bits per heavy atom. The van der Waals surface area contributed by atoms with E-state index in [-0.39, 0.29) is 5.91 Å². The molecule has 2 aromatic heterocycles. The van der Waals surface area contributed by atoms with Crippen molar-refractivity contribution in [3.63, 3.8) is 0 Å². The van der Waals surface area contributed by atoms with Crippen LogP contribution in [0.1, 0.15) is 18.4 Å². The van der Waals surface area contributed by atoms with E-state index in [9.17, 15) is 4.79 Å². The first-order valence-electron chi connectivity index (χ1n) is 11.1. The Morgan fingerprint density at radius 1 is 0.970 bits per heavy atom. The van der Waals surface area contributed by atoms with Crippen molar-refractivity contribution in [1.29, 1.82) is 0 Å². The van der Waals surface area contributed by atoms with Gasteiger partial charge in [0.15, 0.2) is 0 Å². The maximum atomic E-state index is 12.5. The number of ether oxygens (including phenoxy) is 1. The molecule has 2 N–H and O–H groups in total. The van der Waals surface area contributed by atoms with Crippen molar-refractivity contribution in [3.05, 3.63) is 90.5 Å². The number of benzene rings is 3. The largest absolute Gasteiger partial charge is 0.497 e. The molecule has 0 aliphatic rings. The third-order valence-electron chi connectivity index (χ3n) is 5.85. The minimum atomic E-state index is -0.00604. The number of H-pyrrole nitrogens is 1. The Morgan fingerprint density at radius 2 is 1.82 bits per heavy atom. The van der Waals surface area contributed by atoms with E-state index >= 15 is 0 Å². The van der Waals surface area contributed by atoms with Crippen LogP contribution < -0.4 is 10.1 Å². The van der Waals surface area contributed by atoms with Crippen LogP contribution >= 0.6 is 0 Å². The molecule has 5 aromatic rings. The highest BCUT2D eigenvalue weighted by molar-refractivity contribution is 5.92. The molecule has 0 bridgehead atoms. The number of methoxy groups -OCH3 is 1. The molecule has 0 saturated heterocycles. The van der Waals surface area contributed by atoms with E-state index in [0.29, 0.717) is 6.42 Å². The number of hydrogen-bond acceptors (Lipinski definition) is 3. The number of rotatable bonds is 7. The predicted molar refractivity (Wildman–Crippen MR) is 134 cm³/mol. The maximum Gasteiger partial charge on any atom is 0.224 e. The summed E-state index contributed by atoms with van der Waals surface area (Å²) in [6, 6.07) is 28.0. The van der Waals surface area contributed by atoms with Gasteiger partial charge in [0, 0.05) is 34.5 Å². The fourth-order valence-corrected chi connectivity index (χ4v) is 4.23. The lowest BCUT2D eigenvalue weighted by molar-refractivity contribution is -0.116. The van der Waals surface area contributed by atoms with E-state index in [1.165, 1.54) is 10.9 Å². The van der Waals surface area contributed by atoms with Crippen LogP contribution in [0, 0.1) is 0 Å². The number of hydrogen-bond donors (Lipinski definition) is 2. The van der Waals surface area contributed by atoms with E-state index in [4.69, 9.17) is 9.72 Å². The average molecular weight is 436 g/mol. The average Bonchev–Trinajstić information content (AvgIpc) is 3.22. The lowest BCUT2D eigenvalue weighted by atomic mass is 10.0. The number of aromatic amines is 1. The lowest BCUT2D eigenvalue weighted by Gasteiger charge is -2.08. The number of nitrogens with one attached hydrogen (secondary N) is 2. The summed E-state index contributed by atoms with van der Waals surface area (Å²) in [6.45, 7) is 0. The molecule has 3 aromatic carbocycles. The van der Waals surface area contributed by atoms with Crippen LogP contribution in [0.2, 0.25) is 0 Å². The van der Waals surface area contributed by atoms with Crippen LogP contribution in [0.25, 0.3) is 33.2 Å². The van der Waals surface area contributed by atoms with Crippen LogP contribution in [0.3, 0.4) is 0 Å². The smallest absolute Gasteiger partial charge is 0.224 e. The summed E-state index contributed by atoms with van der Waals surface area (Å²) in [5.41, 5.74) is 5.93. The van der Waals surface area contributed by atoms with Crippen molar-refractivity contribution < 1.29 is 9.53 Å². The van der Waals surface area contributed by atoms with Gasteiger partial charge in [-0.25, -0.2) is 4.98 Å². The molecule has 5 rings (SSSR count). The molecule has 0 spiro atoms. The second-order valence-corrected chi connectivity index (χ2v) is 8.05. The molecule has 0 unspecified atom stereocenters. The van der Waals surface area contributed by atoms with Gasteiger partial charge in [-0.2, -0.15) is 0 Å². The Bertz CT molecular complexity index is 1440. The molecule has 5 heteroatoms. The maximum absolute atomic E-state index is 12.5. The van der Waals surface area contributed by atoms with Crippen molar-refractivity contribution in [2.45, 2.75) is 19.3 Å². The van der Waals surface area contributed by atoms with E-state index in [0.717, 1.165) is 52.1 Å². The molecule has 0 radical (unpaired) electrons. The summed E-state index contributed by atoms with van der Waals surface area (Å²) in [4.78, 5) is 21.0. The fraction of sp³-hybridized carbons (Fsp3) is 0.143. The first-order valence-corrected chi connectivity index (χ1v) is 11.1. The van der Waals surface area contributed by atoms with Crippen LogP contribution in [-0.4, -0.2) is 23.0 Å². The second-order valence-electron chi connectivity index (χ2n) is 8.05. The summed E-state index contributed by atoms with van der Waals surface area (Å²) in [5, 5.41) is 5.26. The van der Waals surface area contributed by atoms with Crippen molar-refractivity contribution in [2.24, 2.45) is 0 Å². The van der Waals surface area contributed by atoms with Gasteiger partial charge in [0.05, 0.1) is 24.0 Å². The summed E-state index contributed by atoms with van der Waals surface area (Å²) in [5.74, 6) is 0.715. The quantitative estimate of drug-likeness (QED) is 0.313. The van der Waals surface area contributed by atoms with Gasteiger partial charge in [-0.05, 0) is 48.7 Å². The molecular formula is C28H25N3O2. The molecule has 33 heavy (non-hydrogen) atoms. The molecule has 5 nitrogen and oxygen atoms in total. The molecule has 2 heterocycles. The third kappa shape index (κ3) is 4.44.